The molecule has 9 heteroatoms. The van der Waals surface area contributed by atoms with Gasteiger partial charge < -0.3 is 10.1 Å². The summed E-state index contributed by atoms with van der Waals surface area (Å²) in [4.78, 5) is 13.8. The number of anilines is 1. The van der Waals surface area contributed by atoms with Crippen LogP contribution in [0.1, 0.15) is 12.8 Å². The number of ether oxygens (including phenoxy) is 1. The summed E-state index contributed by atoms with van der Waals surface area (Å²) < 4.78 is 40.7. The first-order chi connectivity index (χ1) is 8.83. The van der Waals surface area contributed by atoms with Crippen LogP contribution in [-0.2, 0) is 0 Å². The molecule has 0 radical (unpaired) electrons. The van der Waals surface area contributed by atoms with Crippen molar-refractivity contribution in [1.82, 2.24) is 4.98 Å². The number of aromatic nitrogens is 1. The molecule has 0 aliphatic rings. The summed E-state index contributed by atoms with van der Waals surface area (Å²) in [5, 5.41) is 13.4. The molecule has 1 aromatic rings. The van der Waals surface area contributed by atoms with Crippen LogP contribution in [0.4, 0.5) is 24.7 Å². The lowest BCUT2D eigenvalue weighted by Crippen LogP contribution is -2.10. The molecule has 1 N–H and O–H groups in total. The van der Waals surface area contributed by atoms with Crippen LogP contribution in [0.3, 0.4) is 0 Å². The lowest BCUT2D eigenvalue weighted by atomic mass is 10.3. The Bertz CT molecular complexity index is 451. The number of halogens is 3. The van der Waals surface area contributed by atoms with Gasteiger partial charge in [0, 0.05) is 19.5 Å². The van der Waals surface area contributed by atoms with E-state index in [1.54, 1.807) is 7.05 Å². The van der Waals surface area contributed by atoms with Crippen molar-refractivity contribution in [2.75, 3.05) is 19.0 Å². The first-order valence-corrected chi connectivity index (χ1v) is 5.36. The van der Waals surface area contributed by atoms with E-state index < -0.39 is 17.5 Å². The highest BCUT2D eigenvalue weighted by Gasteiger charge is 2.26. The van der Waals surface area contributed by atoms with Crippen LogP contribution in [-0.4, -0.2) is 29.7 Å². The van der Waals surface area contributed by atoms with Crippen molar-refractivity contribution in [3.05, 3.63) is 22.2 Å². The third kappa shape index (κ3) is 4.98. The quantitative estimate of drug-likeness (QED) is 0.492. The minimum absolute atomic E-state index is 0.286. The first-order valence-electron chi connectivity index (χ1n) is 5.36. The average molecular weight is 279 g/mol. The predicted octanol–water partition coefficient (Wildman–Crippen LogP) is 2.75. The topological polar surface area (TPSA) is 77.3 Å². The second kappa shape index (κ2) is 6.21. The lowest BCUT2D eigenvalue weighted by Gasteiger charge is -2.08. The number of hydrogen-bond acceptors (Lipinski definition) is 5. The minimum atomic E-state index is -4.27. The fraction of sp³-hybridized carbons (Fsp3) is 0.500. The SMILES string of the molecule is CNc1ccc([N+](=O)[O-])c(OCCCC(F)(F)F)n1. The van der Waals surface area contributed by atoms with Crippen LogP contribution in [0.5, 0.6) is 5.88 Å². The summed E-state index contributed by atoms with van der Waals surface area (Å²) in [5.74, 6) is 0.0374. The summed E-state index contributed by atoms with van der Waals surface area (Å²) in [6.45, 7) is -0.291. The van der Waals surface area contributed by atoms with E-state index in [2.05, 4.69) is 10.3 Å². The van der Waals surface area contributed by atoms with Crippen LogP contribution in [0.15, 0.2) is 12.1 Å². The molecule has 1 aromatic heterocycles. The Morgan fingerprint density at radius 3 is 2.68 bits per heavy atom. The number of alkyl halides is 3. The van der Waals surface area contributed by atoms with E-state index in [0.29, 0.717) is 5.82 Å². The molecule has 6 nitrogen and oxygen atoms in total. The molecule has 0 amide bonds. The highest BCUT2D eigenvalue weighted by Crippen LogP contribution is 2.27. The highest BCUT2D eigenvalue weighted by atomic mass is 19.4. The zero-order valence-corrected chi connectivity index (χ0v) is 10.0. The smallest absolute Gasteiger partial charge is 0.389 e. The normalized spacial score (nSPS) is 11.2. The Morgan fingerprint density at radius 1 is 1.47 bits per heavy atom. The molecular weight excluding hydrogens is 267 g/mol. The number of hydrogen-bond donors (Lipinski definition) is 1. The molecule has 0 bridgehead atoms. The van der Waals surface area contributed by atoms with Crippen molar-refractivity contribution in [2.45, 2.75) is 19.0 Å². The summed E-state index contributed by atoms with van der Waals surface area (Å²) in [7, 11) is 1.56. The molecule has 0 saturated heterocycles. The zero-order valence-electron chi connectivity index (χ0n) is 10.0. The van der Waals surface area contributed by atoms with Gasteiger partial charge in [0.1, 0.15) is 5.82 Å². The Kier molecular flexibility index (Phi) is 4.90. The maximum atomic E-state index is 11.9. The van der Waals surface area contributed by atoms with Gasteiger partial charge in [0.2, 0.25) is 0 Å². The van der Waals surface area contributed by atoms with Gasteiger partial charge in [-0.2, -0.15) is 18.2 Å². The van der Waals surface area contributed by atoms with Gasteiger partial charge in [0.05, 0.1) is 11.5 Å². The van der Waals surface area contributed by atoms with Gasteiger partial charge in [-0.05, 0) is 12.5 Å². The van der Waals surface area contributed by atoms with Crippen molar-refractivity contribution in [3.63, 3.8) is 0 Å². The number of nitrogens with zero attached hydrogens (tertiary/aromatic N) is 2. The van der Waals surface area contributed by atoms with Crippen LogP contribution < -0.4 is 10.1 Å². The van der Waals surface area contributed by atoms with Gasteiger partial charge in [-0.1, -0.05) is 0 Å². The van der Waals surface area contributed by atoms with Crippen molar-refractivity contribution in [1.29, 1.82) is 0 Å². The van der Waals surface area contributed by atoms with E-state index in [9.17, 15) is 23.3 Å². The molecule has 0 saturated carbocycles. The van der Waals surface area contributed by atoms with Crippen molar-refractivity contribution in [2.24, 2.45) is 0 Å². The van der Waals surface area contributed by atoms with E-state index in [1.807, 2.05) is 0 Å². The maximum absolute atomic E-state index is 11.9. The summed E-state index contributed by atoms with van der Waals surface area (Å²) in [5.41, 5.74) is -0.383. The van der Waals surface area contributed by atoms with Crippen molar-refractivity contribution >= 4 is 11.5 Å². The van der Waals surface area contributed by atoms with E-state index in [1.165, 1.54) is 12.1 Å². The minimum Gasteiger partial charge on any atom is -0.473 e. The van der Waals surface area contributed by atoms with E-state index in [0.717, 1.165) is 0 Å². The Balaban J connectivity index is 2.67. The molecule has 0 aromatic carbocycles. The number of pyridine rings is 1. The number of nitrogens with one attached hydrogen (secondary N) is 1. The molecular formula is C10H12F3N3O3. The summed E-state index contributed by atoms with van der Waals surface area (Å²) in [6.07, 6.45) is -5.56. The van der Waals surface area contributed by atoms with Crippen molar-refractivity contribution < 1.29 is 22.8 Å². The van der Waals surface area contributed by atoms with E-state index >= 15 is 0 Å². The number of rotatable bonds is 6. The largest absolute Gasteiger partial charge is 0.473 e. The number of nitro groups is 1. The molecule has 106 valence electrons. The van der Waals surface area contributed by atoms with Gasteiger partial charge in [0.15, 0.2) is 0 Å². The monoisotopic (exact) mass is 279 g/mol. The van der Waals surface area contributed by atoms with Gasteiger partial charge in [-0.15, -0.1) is 0 Å². The van der Waals surface area contributed by atoms with Gasteiger partial charge in [0.25, 0.3) is 5.88 Å². The third-order valence-electron chi connectivity index (χ3n) is 2.14. The Labute approximate surface area is 106 Å². The van der Waals surface area contributed by atoms with Gasteiger partial charge >= 0.3 is 11.9 Å². The molecule has 1 rings (SSSR count). The fourth-order valence-electron chi connectivity index (χ4n) is 1.26. The van der Waals surface area contributed by atoms with Crippen molar-refractivity contribution in [3.8, 4) is 5.88 Å². The standard InChI is InChI=1S/C10H12F3N3O3/c1-14-8-4-3-7(16(17)18)9(15-8)19-6-2-5-10(11,12)13/h3-4H,2,5-6H2,1H3,(H,14,15). The van der Waals surface area contributed by atoms with Gasteiger partial charge in [-0.25, -0.2) is 0 Å². The van der Waals surface area contributed by atoms with E-state index in [-0.39, 0.29) is 24.6 Å². The van der Waals surface area contributed by atoms with Crippen LogP contribution in [0.25, 0.3) is 0 Å². The fourth-order valence-corrected chi connectivity index (χ4v) is 1.26. The maximum Gasteiger partial charge on any atom is 0.389 e. The zero-order chi connectivity index (χ0) is 14.5. The third-order valence-corrected chi connectivity index (χ3v) is 2.14. The molecule has 0 spiro atoms. The van der Waals surface area contributed by atoms with E-state index in [4.69, 9.17) is 4.74 Å². The molecule has 1 heterocycles. The molecule has 19 heavy (non-hydrogen) atoms. The second-order valence-electron chi connectivity index (χ2n) is 3.60. The average Bonchev–Trinajstić information content (AvgIpc) is 2.33. The van der Waals surface area contributed by atoms with Gasteiger partial charge in [-0.3, -0.25) is 10.1 Å². The second-order valence-corrected chi connectivity index (χ2v) is 3.60. The Morgan fingerprint density at radius 2 is 2.16 bits per heavy atom. The van der Waals surface area contributed by atoms with Crippen LogP contribution in [0, 0.1) is 10.1 Å². The first kappa shape index (κ1) is 15.0. The predicted molar refractivity (Wildman–Crippen MR) is 61.2 cm³/mol. The highest BCUT2D eigenvalue weighted by molar-refractivity contribution is 5.48. The molecule has 0 aliphatic carbocycles. The molecule has 0 fully saturated rings. The lowest BCUT2D eigenvalue weighted by molar-refractivity contribution is -0.386. The molecule has 0 atom stereocenters. The molecule has 0 unspecified atom stereocenters. The van der Waals surface area contributed by atoms with Crippen LogP contribution >= 0.6 is 0 Å². The Hall–Kier alpha value is -2.06. The summed E-state index contributed by atoms with van der Waals surface area (Å²) >= 11 is 0. The summed E-state index contributed by atoms with van der Waals surface area (Å²) in [6, 6.07) is 2.55. The van der Waals surface area contributed by atoms with Crippen LogP contribution in [0.2, 0.25) is 0 Å². The molecule has 0 aliphatic heterocycles.